The Labute approximate surface area is 157 Å². The van der Waals surface area contributed by atoms with Crippen molar-refractivity contribution in [3.05, 3.63) is 60.2 Å². The van der Waals surface area contributed by atoms with Crippen molar-refractivity contribution in [2.75, 3.05) is 11.9 Å². The van der Waals surface area contributed by atoms with Crippen molar-refractivity contribution in [1.29, 1.82) is 0 Å². The van der Waals surface area contributed by atoms with E-state index in [1.54, 1.807) is 0 Å². The van der Waals surface area contributed by atoms with Crippen molar-refractivity contribution in [2.45, 2.75) is 32.3 Å². The fraction of sp³-hybridized carbons (Fsp3) is 0.304. The van der Waals surface area contributed by atoms with E-state index in [1.807, 2.05) is 0 Å². The van der Waals surface area contributed by atoms with Gasteiger partial charge in [-0.1, -0.05) is 83.4 Å². The predicted octanol–water partition coefficient (Wildman–Crippen LogP) is 7.06. The fourth-order valence-corrected chi connectivity index (χ4v) is 4.15. The highest BCUT2D eigenvalue weighted by Gasteiger charge is 2.10. The summed E-state index contributed by atoms with van der Waals surface area (Å²) in [5.41, 5.74) is 1.30. The van der Waals surface area contributed by atoms with Crippen molar-refractivity contribution in [3.63, 3.8) is 0 Å². The summed E-state index contributed by atoms with van der Waals surface area (Å²) in [6.07, 6.45) is 4.95. The number of hydrogen-bond donors (Lipinski definition) is 0. The molecular formula is C23H23BrO. The van der Waals surface area contributed by atoms with Gasteiger partial charge in [-0.05, 0) is 50.7 Å². The number of unbranched alkanes of at least 4 members (excludes halogenated alkanes) is 3. The van der Waals surface area contributed by atoms with E-state index in [-0.39, 0.29) is 0 Å². The minimum atomic E-state index is 0.701. The molecule has 0 spiro atoms. The van der Waals surface area contributed by atoms with E-state index in [2.05, 4.69) is 70.5 Å². The van der Waals surface area contributed by atoms with E-state index in [0.717, 1.165) is 18.4 Å². The topological polar surface area (TPSA) is 9.23 Å². The van der Waals surface area contributed by atoms with Crippen LogP contribution in [0.2, 0.25) is 0 Å². The number of hydrogen-bond acceptors (Lipinski definition) is 1. The first-order valence-corrected chi connectivity index (χ1v) is 10.3. The quantitative estimate of drug-likeness (QED) is 0.176. The predicted molar refractivity (Wildman–Crippen MR) is 112 cm³/mol. The number of halogens is 1. The van der Waals surface area contributed by atoms with Gasteiger partial charge in [-0.25, -0.2) is 0 Å². The molecule has 0 aliphatic heterocycles. The summed E-state index contributed by atoms with van der Waals surface area (Å²) < 4.78 is 5.98. The number of benzene rings is 4. The number of ether oxygens (including phenoxy) is 1. The van der Waals surface area contributed by atoms with Gasteiger partial charge in [0.15, 0.2) is 0 Å². The highest BCUT2D eigenvalue weighted by Crippen LogP contribution is 2.36. The first kappa shape index (κ1) is 16.8. The smallest absolute Gasteiger partial charge is 0.0722 e. The van der Waals surface area contributed by atoms with Gasteiger partial charge in [-0.3, -0.25) is 0 Å². The second-order valence-corrected chi connectivity index (χ2v) is 7.53. The van der Waals surface area contributed by atoms with E-state index >= 15 is 0 Å². The van der Waals surface area contributed by atoms with E-state index in [4.69, 9.17) is 4.74 Å². The number of rotatable bonds is 8. The van der Waals surface area contributed by atoms with Crippen LogP contribution in [0.1, 0.15) is 31.2 Å². The van der Waals surface area contributed by atoms with Crippen molar-refractivity contribution in [3.8, 4) is 0 Å². The summed E-state index contributed by atoms with van der Waals surface area (Å²) in [5.74, 6) is 0. The Bertz CT molecular complexity index is 960. The highest BCUT2D eigenvalue weighted by atomic mass is 79.9. The molecule has 4 aromatic carbocycles. The van der Waals surface area contributed by atoms with Crippen molar-refractivity contribution < 1.29 is 4.74 Å². The molecule has 0 unspecified atom stereocenters. The molecule has 1 nitrogen and oxygen atoms in total. The van der Waals surface area contributed by atoms with Gasteiger partial charge in [-0.15, -0.1) is 0 Å². The normalized spacial score (nSPS) is 11.9. The summed E-state index contributed by atoms with van der Waals surface area (Å²) in [4.78, 5) is 0. The third kappa shape index (κ3) is 3.38. The molecule has 0 N–H and O–H groups in total. The molecule has 0 radical (unpaired) electrons. The molecule has 0 bridgehead atoms. The third-order valence-electron chi connectivity index (χ3n) is 5.05. The minimum absolute atomic E-state index is 0.701. The molecular weight excluding hydrogens is 372 g/mol. The van der Waals surface area contributed by atoms with Crippen molar-refractivity contribution >= 4 is 48.2 Å². The van der Waals surface area contributed by atoms with Crippen molar-refractivity contribution in [2.24, 2.45) is 0 Å². The van der Waals surface area contributed by atoms with E-state index in [1.165, 1.54) is 57.1 Å². The first-order chi connectivity index (χ1) is 12.4. The monoisotopic (exact) mass is 394 g/mol. The van der Waals surface area contributed by atoms with E-state index in [0.29, 0.717) is 6.61 Å². The van der Waals surface area contributed by atoms with Crippen LogP contribution in [0.3, 0.4) is 0 Å². The Morgan fingerprint density at radius 2 is 1.36 bits per heavy atom. The zero-order valence-corrected chi connectivity index (χ0v) is 16.0. The molecule has 4 rings (SSSR count). The molecule has 2 heteroatoms. The molecule has 0 fully saturated rings. The molecule has 128 valence electrons. The van der Waals surface area contributed by atoms with Crippen LogP contribution in [0.5, 0.6) is 0 Å². The summed E-state index contributed by atoms with van der Waals surface area (Å²) in [6.45, 7) is 1.55. The minimum Gasteiger partial charge on any atom is -0.377 e. The van der Waals surface area contributed by atoms with Crippen LogP contribution in [-0.4, -0.2) is 11.9 Å². The maximum atomic E-state index is 5.98. The van der Waals surface area contributed by atoms with Gasteiger partial charge in [0, 0.05) is 11.9 Å². The molecule has 0 amide bonds. The van der Waals surface area contributed by atoms with Crippen LogP contribution in [0.15, 0.2) is 54.6 Å². The zero-order chi connectivity index (χ0) is 17.1. The summed E-state index contributed by atoms with van der Waals surface area (Å²) in [7, 11) is 0. The summed E-state index contributed by atoms with van der Waals surface area (Å²) in [5, 5.41) is 9.17. The maximum Gasteiger partial charge on any atom is 0.0722 e. The maximum absolute atomic E-state index is 5.98. The lowest BCUT2D eigenvalue weighted by Crippen LogP contribution is -1.97. The van der Waals surface area contributed by atoms with Gasteiger partial charge in [0.05, 0.1) is 6.61 Å². The highest BCUT2D eigenvalue weighted by molar-refractivity contribution is 9.09. The van der Waals surface area contributed by atoms with Gasteiger partial charge in [0.1, 0.15) is 0 Å². The third-order valence-corrected chi connectivity index (χ3v) is 5.61. The second-order valence-electron chi connectivity index (χ2n) is 6.74. The largest absolute Gasteiger partial charge is 0.377 e. The van der Waals surface area contributed by atoms with Crippen LogP contribution in [0.4, 0.5) is 0 Å². The Balaban J connectivity index is 1.58. The molecule has 0 atom stereocenters. The average Bonchev–Trinajstić information content (AvgIpc) is 2.66. The molecule has 0 heterocycles. The Morgan fingerprint density at radius 3 is 2.16 bits per heavy atom. The van der Waals surface area contributed by atoms with Gasteiger partial charge in [-0.2, -0.15) is 0 Å². The SMILES string of the molecule is BrCCCCCCOCc1ccc2ccc3cccc4ccc1c2c34. The Hall–Kier alpha value is -1.64. The molecule has 0 aromatic heterocycles. The van der Waals surface area contributed by atoms with Gasteiger partial charge in [0.2, 0.25) is 0 Å². The van der Waals surface area contributed by atoms with E-state index in [9.17, 15) is 0 Å². The van der Waals surface area contributed by atoms with Crippen LogP contribution in [0, 0.1) is 0 Å². The van der Waals surface area contributed by atoms with Crippen LogP contribution in [-0.2, 0) is 11.3 Å². The lowest BCUT2D eigenvalue weighted by Gasteiger charge is -2.14. The molecule has 0 aliphatic rings. The van der Waals surface area contributed by atoms with Crippen LogP contribution < -0.4 is 0 Å². The van der Waals surface area contributed by atoms with Gasteiger partial charge < -0.3 is 4.74 Å². The second kappa shape index (κ2) is 7.72. The van der Waals surface area contributed by atoms with Gasteiger partial charge in [0.25, 0.3) is 0 Å². The van der Waals surface area contributed by atoms with Gasteiger partial charge >= 0.3 is 0 Å². The molecule has 0 saturated carbocycles. The van der Waals surface area contributed by atoms with E-state index < -0.39 is 0 Å². The zero-order valence-electron chi connectivity index (χ0n) is 14.4. The standard InChI is InChI=1S/C23H23BrO/c24-14-3-1-2-4-15-25-16-20-11-10-19-9-8-17-6-5-7-18-12-13-21(20)23(19)22(17)18/h5-13H,1-4,14-16H2. The molecule has 4 aromatic rings. The average molecular weight is 395 g/mol. The van der Waals surface area contributed by atoms with Crippen molar-refractivity contribution in [1.82, 2.24) is 0 Å². The first-order valence-electron chi connectivity index (χ1n) is 9.17. The fourth-order valence-electron chi connectivity index (χ4n) is 3.76. The summed E-state index contributed by atoms with van der Waals surface area (Å²) >= 11 is 3.48. The molecule has 25 heavy (non-hydrogen) atoms. The lowest BCUT2D eigenvalue weighted by atomic mass is 9.92. The van der Waals surface area contributed by atoms with Crippen LogP contribution >= 0.6 is 15.9 Å². The molecule has 0 saturated heterocycles. The summed E-state index contributed by atoms with van der Waals surface area (Å²) in [6, 6.07) is 20.0. The lowest BCUT2D eigenvalue weighted by molar-refractivity contribution is 0.117. The van der Waals surface area contributed by atoms with Crippen LogP contribution in [0.25, 0.3) is 32.3 Å². The Morgan fingerprint density at radius 1 is 0.680 bits per heavy atom. The molecule has 0 aliphatic carbocycles. The number of alkyl halides is 1. The Kier molecular flexibility index (Phi) is 5.19.